The molecule has 2 aromatic rings. The molecule has 5 nitrogen and oxygen atoms in total. The fourth-order valence-electron chi connectivity index (χ4n) is 3.35. The Morgan fingerprint density at radius 1 is 1.31 bits per heavy atom. The molecule has 1 aromatic heterocycles. The largest absolute Gasteiger partial charge is 0.434 e. The number of thiophene rings is 1. The summed E-state index contributed by atoms with van der Waals surface area (Å²) in [6, 6.07) is 6.28. The highest BCUT2D eigenvalue weighted by molar-refractivity contribution is 7.07. The van der Waals surface area contributed by atoms with Gasteiger partial charge >= 0.3 is 6.61 Å². The molecule has 0 unspecified atom stereocenters. The van der Waals surface area contributed by atoms with E-state index in [2.05, 4.69) is 42.1 Å². The summed E-state index contributed by atoms with van der Waals surface area (Å²) in [7, 11) is 1.62. The van der Waals surface area contributed by atoms with Crippen LogP contribution in [-0.4, -0.2) is 43.6 Å². The third kappa shape index (κ3) is 6.37. The number of guanidine groups is 1. The quantitative estimate of drug-likeness (QED) is 0.522. The Kier molecular flexibility index (Phi) is 7.76. The predicted molar refractivity (Wildman–Crippen MR) is 109 cm³/mol. The van der Waals surface area contributed by atoms with Crippen molar-refractivity contribution in [2.45, 2.75) is 38.6 Å². The van der Waals surface area contributed by atoms with Crippen molar-refractivity contribution in [2.24, 2.45) is 4.99 Å². The van der Waals surface area contributed by atoms with Crippen LogP contribution in [0.1, 0.15) is 24.0 Å². The van der Waals surface area contributed by atoms with Gasteiger partial charge in [0, 0.05) is 44.8 Å². The maximum atomic E-state index is 14.1. The van der Waals surface area contributed by atoms with Crippen molar-refractivity contribution >= 4 is 17.3 Å². The molecule has 2 heterocycles. The smallest absolute Gasteiger partial charge is 0.387 e. The molecule has 3 rings (SSSR count). The summed E-state index contributed by atoms with van der Waals surface area (Å²) in [6.07, 6.45) is 1.93. The molecule has 0 spiro atoms. The average Bonchev–Trinajstić information content (AvgIpc) is 3.20. The number of alkyl halides is 2. The Balaban J connectivity index is 1.49. The SMILES string of the molecule is CN=C(NCc1c(F)cccc1OC(F)F)NC1CCN(Cc2ccsc2)CC1. The Morgan fingerprint density at radius 2 is 2.10 bits per heavy atom. The van der Waals surface area contributed by atoms with Gasteiger partial charge in [-0.2, -0.15) is 20.1 Å². The first-order valence-corrected chi connectivity index (χ1v) is 10.4. The van der Waals surface area contributed by atoms with E-state index >= 15 is 0 Å². The van der Waals surface area contributed by atoms with Crippen LogP contribution in [0.25, 0.3) is 0 Å². The van der Waals surface area contributed by atoms with E-state index in [-0.39, 0.29) is 23.9 Å². The van der Waals surface area contributed by atoms with Crippen LogP contribution in [0, 0.1) is 5.82 Å². The van der Waals surface area contributed by atoms with Crippen LogP contribution in [0.2, 0.25) is 0 Å². The first-order valence-electron chi connectivity index (χ1n) is 9.48. The molecule has 0 atom stereocenters. The molecule has 1 fully saturated rings. The van der Waals surface area contributed by atoms with Gasteiger partial charge in [0.2, 0.25) is 0 Å². The molecular formula is C20H25F3N4OS. The van der Waals surface area contributed by atoms with E-state index in [0.29, 0.717) is 5.96 Å². The van der Waals surface area contributed by atoms with Gasteiger partial charge in [-0.1, -0.05) is 6.07 Å². The van der Waals surface area contributed by atoms with Crippen molar-refractivity contribution < 1.29 is 17.9 Å². The number of rotatable bonds is 7. The van der Waals surface area contributed by atoms with Gasteiger partial charge in [0.1, 0.15) is 11.6 Å². The van der Waals surface area contributed by atoms with Gasteiger partial charge in [-0.05, 0) is 47.4 Å². The third-order valence-corrected chi connectivity index (χ3v) is 5.59. The Hall–Kier alpha value is -2.26. The Bertz CT molecular complexity index is 793. The maximum absolute atomic E-state index is 14.1. The average molecular weight is 427 g/mol. The third-order valence-electron chi connectivity index (χ3n) is 4.86. The minimum Gasteiger partial charge on any atom is -0.434 e. The molecule has 0 saturated carbocycles. The number of likely N-dealkylation sites (tertiary alicyclic amines) is 1. The van der Waals surface area contributed by atoms with E-state index in [4.69, 9.17) is 0 Å². The summed E-state index contributed by atoms with van der Waals surface area (Å²) in [5.41, 5.74) is 1.38. The van der Waals surface area contributed by atoms with E-state index < -0.39 is 12.4 Å². The van der Waals surface area contributed by atoms with Crippen molar-refractivity contribution in [2.75, 3.05) is 20.1 Å². The highest BCUT2D eigenvalue weighted by Crippen LogP contribution is 2.23. The van der Waals surface area contributed by atoms with Gasteiger partial charge in [-0.3, -0.25) is 9.89 Å². The number of hydrogen-bond acceptors (Lipinski definition) is 4. The highest BCUT2D eigenvalue weighted by atomic mass is 32.1. The van der Waals surface area contributed by atoms with Gasteiger partial charge in [0.15, 0.2) is 5.96 Å². The molecule has 1 aliphatic rings. The van der Waals surface area contributed by atoms with E-state index in [1.54, 1.807) is 18.4 Å². The molecule has 1 aliphatic heterocycles. The number of nitrogens with zero attached hydrogens (tertiary/aromatic N) is 2. The number of benzene rings is 1. The number of aliphatic imine (C=N–C) groups is 1. The number of ether oxygens (including phenoxy) is 1. The monoisotopic (exact) mass is 426 g/mol. The van der Waals surface area contributed by atoms with Crippen LogP contribution in [0.4, 0.5) is 13.2 Å². The van der Waals surface area contributed by atoms with Gasteiger partial charge in [0.05, 0.1) is 0 Å². The minimum absolute atomic E-state index is 0.00853. The zero-order valence-electron chi connectivity index (χ0n) is 16.2. The van der Waals surface area contributed by atoms with Gasteiger partial charge in [-0.25, -0.2) is 4.39 Å². The summed E-state index contributed by atoms with van der Waals surface area (Å²) in [5.74, 6) is -0.273. The molecule has 1 aromatic carbocycles. The van der Waals surface area contributed by atoms with E-state index in [1.165, 1.54) is 23.8 Å². The first kappa shape index (κ1) is 21.4. The van der Waals surface area contributed by atoms with Crippen molar-refractivity contribution in [3.63, 3.8) is 0 Å². The van der Waals surface area contributed by atoms with Crippen molar-refractivity contribution in [3.8, 4) is 5.75 Å². The molecule has 158 valence electrons. The van der Waals surface area contributed by atoms with Gasteiger partial charge in [0.25, 0.3) is 0 Å². The molecule has 9 heteroatoms. The molecule has 0 aliphatic carbocycles. The maximum Gasteiger partial charge on any atom is 0.387 e. The molecule has 0 bridgehead atoms. The van der Waals surface area contributed by atoms with Crippen LogP contribution >= 0.6 is 11.3 Å². The van der Waals surface area contributed by atoms with Gasteiger partial charge < -0.3 is 15.4 Å². The minimum atomic E-state index is -3.01. The van der Waals surface area contributed by atoms with Crippen molar-refractivity contribution in [1.29, 1.82) is 0 Å². The second kappa shape index (κ2) is 10.5. The Labute approximate surface area is 172 Å². The van der Waals surface area contributed by atoms with E-state index in [9.17, 15) is 13.2 Å². The fraction of sp³-hybridized carbons (Fsp3) is 0.450. The first-order chi connectivity index (χ1) is 14.0. The summed E-state index contributed by atoms with van der Waals surface area (Å²) in [5, 5.41) is 10.6. The normalized spacial score (nSPS) is 16.2. The van der Waals surface area contributed by atoms with Crippen LogP contribution in [0.15, 0.2) is 40.0 Å². The molecular weight excluding hydrogens is 401 g/mol. The zero-order valence-corrected chi connectivity index (χ0v) is 17.0. The lowest BCUT2D eigenvalue weighted by atomic mass is 10.0. The summed E-state index contributed by atoms with van der Waals surface area (Å²) in [6.45, 7) is -0.101. The fourth-order valence-corrected chi connectivity index (χ4v) is 4.01. The lowest BCUT2D eigenvalue weighted by molar-refractivity contribution is -0.0506. The zero-order chi connectivity index (χ0) is 20.6. The molecule has 0 radical (unpaired) electrons. The highest BCUT2D eigenvalue weighted by Gasteiger charge is 2.21. The van der Waals surface area contributed by atoms with Crippen LogP contribution in [0.5, 0.6) is 5.75 Å². The molecule has 1 saturated heterocycles. The lowest BCUT2D eigenvalue weighted by Gasteiger charge is -2.33. The predicted octanol–water partition coefficient (Wildman–Crippen LogP) is 3.82. The number of piperidine rings is 1. The molecule has 2 N–H and O–H groups in total. The van der Waals surface area contributed by atoms with Crippen LogP contribution < -0.4 is 15.4 Å². The second-order valence-electron chi connectivity index (χ2n) is 6.85. The summed E-state index contributed by atoms with van der Waals surface area (Å²) in [4.78, 5) is 6.59. The number of halogens is 3. The van der Waals surface area contributed by atoms with E-state index in [0.717, 1.165) is 32.5 Å². The summed E-state index contributed by atoms with van der Waals surface area (Å²) >= 11 is 1.71. The van der Waals surface area contributed by atoms with Crippen LogP contribution in [0.3, 0.4) is 0 Å². The van der Waals surface area contributed by atoms with Gasteiger partial charge in [-0.15, -0.1) is 0 Å². The molecule has 0 amide bonds. The second-order valence-corrected chi connectivity index (χ2v) is 7.63. The summed E-state index contributed by atoms with van der Waals surface area (Å²) < 4.78 is 43.6. The molecule has 29 heavy (non-hydrogen) atoms. The Morgan fingerprint density at radius 3 is 2.76 bits per heavy atom. The topological polar surface area (TPSA) is 48.9 Å². The van der Waals surface area contributed by atoms with Crippen molar-refractivity contribution in [3.05, 3.63) is 52.0 Å². The lowest BCUT2D eigenvalue weighted by Crippen LogP contribution is -2.48. The standard InChI is InChI=1S/C20H25F3N4OS/c1-24-20(25-11-16-17(21)3-2-4-18(16)28-19(22)23)26-15-5-8-27(9-6-15)12-14-7-10-29-13-14/h2-4,7,10,13,15,19H,5-6,8-9,11-12H2,1H3,(H2,24,25,26). The van der Waals surface area contributed by atoms with E-state index in [1.807, 2.05) is 0 Å². The van der Waals surface area contributed by atoms with Crippen molar-refractivity contribution in [1.82, 2.24) is 15.5 Å². The van der Waals surface area contributed by atoms with Crippen LogP contribution in [-0.2, 0) is 13.1 Å². The number of hydrogen-bond donors (Lipinski definition) is 2. The number of nitrogens with one attached hydrogen (secondary N) is 2.